The number of ether oxygens (including phenoxy) is 2. The number of amides is 1. The Labute approximate surface area is 159 Å². The van der Waals surface area contributed by atoms with E-state index in [1.807, 2.05) is 6.07 Å². The zero-order chi connectivity index (χ0) is 19.6. The van der Waals surface area contributed by atoms with E-state index in [9.17, 15) is 25.2 Å². The van der Waals surface area contributed by atoms with Gasteiger partial charge in [-0.05, 0) is 22.8 Å². The minimum atomic E-state index is -1.49. The van der Waals surface area contributed by atoms with Crippen molar-refractivity contribution in [1.29, 1.82) is 0 Å². The van der Waals surface area contributed by atoms with Crippen molar-refractivity contribution in [3.8, 4) is 17.2 Å². The van der Waals surface area contributed by atoms with Gasteiger partial charge >= 0.3 is 0 Å². The molecule has 2 aromatic rings. The second-order valence-corrected chi connectivity index (χ2v) is 6.95. The van der Waals surface area contributed by atoms with Crippen LogP contribution in [0.1, 0.15) is 21.5 Å². The van der Waals surface area contributed by atoms with Gasteiger partial charge in [0.1, 0.15) is 18.3 Å². The molecule has 5 rings (SSSR count). The van der Waals surface area contributed by atoms with E-state index in [0.717, 1.165) is 0 Å². The predicted molar refractivity (Wildman–Crippen MR) is 96.8 cm³/mol. The SMILES string of the molecule is O=C1N[C@@H]2C(=C(c3ccccc3)[C@H](O)[C@@H](O)[C@H]2O)c2cc3c(c(O)c21)OCO3. The van der Waals surface area contributed by atoms with Crippen LogP contribution in [0.2, 0.25) is 0 Å². The largest absolute Gasteiger partial charge is 0.504 e. The number of aliphatic hydroxyl groups excluding tert-OH is 3. The molecule has 3 aliphatic rings. The third kappa shape index (κ3) is 2.19. The van der Waals surface area contributed by atoms with Gasteiger partial charge in [0.2, 0.25) is 12.5 Å². The third-order valence-corrected chi connectivity index (χ3v) is 5.44. The Morgan fingerprint density at radius 1 is 1.00 bits per heavy atom. The highest BCUT2D eigenvalue weighted by Crippen LogP contribution is 2.50. The van der Waals surface area contributed by atoms with Gasteiger partial charge in [0.25, 0.3) is 5.91 Å². The number of hydrogen-bond acceptors (Lipinski definition) is 7. The normalized spacial score (nSPS) is 27.9. The summed E-state index contributed by atoms with van der Waals surface area (Å²) in [6, 6.07) is 9.48. The van der Waals surface area contributed by atoms with Gasteiger partial charge < -0.3 is 35.2 Å². The van der Waals surface area contributed by atoms with Crippen LogP contribution in [0.3, 0.4) is 0 Å². The van der Waals surface area contributed by atoms with E-state index >= 15 is 0 Å². The number of rotatable bonds is 1. The van der Waals surface area contributed by atoms with Gasteiger partial charge in [0.15, 0.2) is 11.5 Å². The van der Waals surface area contributed by atoms with Gasteiger partial charge in [0.05, 0.1) is 11.6 Å². The molecule has 1 aliphatic carbocycles. The molecule has 0 aromatic heterocycles. The molecule has 0 saturated heterocycles. The van der Waals surface area contributed by atoms with Crippen LogP contribution >= 0.6 is 0 Å². The first-order chi connectivity index (χ1) is 13.5. The Kier molecular flexibility index (Phi) is 3.63. The quantitative estimate of drug-likeness (QED) is 0.477. The lowest BCUT2D eigenvalue weighted by Gasteiger charge is -2.42. The average Bonchev–Trinajstić information content (AvgIpc) is 3.17. The van der Waals surface area contributed by atoms with E-state index in [4.69, 9.17) is 9.47 Å². The fourth-order valence-corrected chi connectivity index (χ4v) is 4.15. The van der Waals surface area contributed by atoms with E-state index in [1.54, 1.807) is 30.3 Å². The molecule has 1 amide bonds. The van der Waals surface area contributed by atoms with E-state index in [1.165, 1.54) is 0 Å². The molecule has 4 atom stereocenters. The molecule has 0 spiro atoms. The van der Waals surface area contributed by atoms with E-state index < -0.39 is 30.3 Å². The monoisotopic (exact) mass is 383 g/mol. The summed E-state index contributed by atoms with van der Waals surface area (Å²) in [5, 5.41) is 44.9. The molecule has 2 aliphatic heterocycles. The average molecular weight is 383 g/mol. The van der Waals surface area contributed by atoms with Crippen LogP contribution in [0.5, 0.6) is 17.2 Å². The van der Waals surface area contributed by atoms with Crippen LogP contribution in [0, 0.1) is 0 Å². The summed E-state index contributed by atoms with van der Waals surface area (Å²) in [7, 11) is 0. The fraction of sp³-hybridized carbons (Fsp3) is 0.250. The molecule has 0 unspecified atom stereocenters. The van der Waals surface area contributed by atoms with Crippen LogP contribution in [-0.2, 0) is 0 Å². The van der Waals surface area contributed by atoms with Crippen LogP contribution in [0.4, 0.5) is 0 Å². The molecule has 0 radical (unpaired) electrons. The van der Waals surface area contributed by atoms with Crippen molar-refractivity contribution in [3.05, 3.63) is 53.1 Å². The summed E-state index contributed by atoms with van der Waals surface area (Å²) < 4.78 is 10.6. The summed E-state index contributed by atoms with van der Waals surface area (Å²) in [6.45, 7) is -0.0919. The van der Waals surface area contributed by atoms with Gasteiger partial charge in [0, 0.05) is 5.56 Å². The Morgan fingerprint density at radius 3 is 2.50 bits per heavy atom. The lowest BCUT2D eigenvalue weighted by molar-refractivity contribution is -0.0493. The molecule has 28 heavy (non-hydrogen) atoms. The van der Waals surface area contributed by atoms with Crippen molar-refractivity contribution in [2.75, 3.05) is 6.79 Å². The summed E-state index contributed by atoms with van der Waals surface area (Å²) in [5.74, 6) is -0.642. The standard InChI is InChI=1S/C20H17NO7/c22-15-11(8-4-2-1-3-5-8)12-9-6-10-19(28-7-27-10)16(23)13(9)20(26)21-14(12)17(24)18(15)25/h1-6,14-15,17-18,22-25H,7H2,(H,21,26)/t14-,15+,17+,18-/m1/s1. The number of hydrogen-bond donors (Lipinski definition) is 5. The zero-order valence-electron chi connectivity index (χ0n) is 14.5. The Hall–Kier alpha value is -3.07. The fourth-order valence-electron chi connectivity index (χ4n) is 4.15. The summed E-state index contributed by atoms with van der Waals surface area (Å²) in [6.07, 6.45) is -4.31. The number of benzene rings is 2. The highest BCUT2D eigenvalue weighted by molar-refractivity contribution is 6.12. The predicted octanol–water partition coefficient (Wildman–Crippen LogP) is 0.240. The van der Waals surface area contributed by atoms with Gasteiger partial charge in [-0.25, -0.2) is 0 Å². The number of phenolic OH excluding ortho intramolecular Hbond substituents is 1. The summed E-state index contributed by atoms with van der Waals surface area (Å²) >= 11 is 0. The first-order valence-corrected chi connectivity index (χ1v) is 8.79. The Balaban J connectivity index is 1.86. The van der Waals surface area contributed by atoms with Crippen molar-refractivity contribution in [2.24, 2.45) is 0 Å². The molecule has 2 heterocycles. The topological polar surface area (TPSA) is 128 Å². The second kappa shape index (κ2) is 5.96. The van der Waals surface area contributed by atoms with Gasteiger partial charge in [-0.2, -0.15) is 0 Å². The first-order valence-electron chi connectivity index (χ1n) is 8.79. The Bertz CT molecular complexity index is 1020. The molecule has 2 aromatic carbocycles. The van der Waals surface area contributed by atoms with Crippen LogP contribution in [0.25, 0.3) is 11.1 Å². The maximum absolute atomic E-state index is 12.7. The van der Waals surface area contributed by atoms with Gasteiger partial charge in [-0.15, -0.1) is 0 Å². The van der Waals surface area contributed by atoms with Gasteiger partial charge in [-0.1, -0.05) is 30.3 Å². The molecule has 8 nitrogen and oxygen atoms in total. The Morgan fingerprint density at radius 2 is 1.75 bits per heavy atom. The van der Waals surface area contributed by atoms with Crippen molar-refractivity contribution in [1.82, 2.24) is 5.32 Å². The number of fused-ring (bicyclic) bond motifs is 4. The second-order valence-electron chi connectivity index (χ2n) is 6.95. The smallest absolute Gasteiger partial charge is 0.256 e. The number of carbonyl (C=O) groups is 1. The molecular formula is C20H17NO7. The molecule has 0 saturated carbocycles. The highest BCUT2D eigenvalue weighted by Gasteiger charge is 2.48. The van der Waals surface area contributed by atoms with Crippen LogP contribution in [-0.4, -0.2) is 57.5 Å². The number of nitrogens with one attached hydrogen (secondary N) is 1. The minimum Gasteiger partial charge on any atom is -0.504 e. The van der Waals surface area contributed by atoms with Gasteiger partial charge in [-0.3, -0.25) is 4.79 Å². The molecular weight excluding hydrogens is 366 g/mol. The lowest BCUT2D eigenvalue weighted by atomic mass is 9.73. The van der Waals surface area contributed by atoms with Crippen molar-refractivity contribution in [2.45, 2.75) is 24.4 Å². The molecule has 0 bridgehead atoms. The van der Waals surface area contributed by atoms with Crippen LogP contribution < -0.4 is 14.8 Å². The first kappa shape index (κ1) is 17.1. The number of aromatic hydroxyl groups is 1. The van der Waals surface area contributed by atoms with Crippen molar-refractivity contribution in [3.63, 3.8) is 0 Å². The van der Waals surface area contributed by atoms with Crippen molar-refractivity contribution >= 4 is 17.1 Å². The molecule has 144 valence electrons. The zero-order valence-corrected chi connectivity index (χ0v) is 14.5. The molecule has 0 fully saturated rings. The third-order valence-electron chi connectivity index (χ3n) is 5.44. The van der Waals surface area contributed by atoms with Crippen molar-refractivity contribution < 1.29 is 34.7 Å². The number of carbonyl (C=O) groups excluding carboxylic acids is 1. The molecule has 5 N–H and O–H groups in total. The maximum atomic E-state index is 12.7. The highest BCUT2D eigenvalue weighted by atomic mass is 16.7. The number of phenols is 1. The molecule has 8 heteroatoms. The lowest BCUT2D eigenvalue weighted by Crippen LogP contribution is -2.58. The summed E-state index contributed by atoms with van der Waals surface area (Å²) in [5.41, 5.74) is 1.70. The maximum Gasteiger partial charge on any atom is 0.256 e. The van der Waals surface area contributed by atoms with E-state index in [2.05, 4.69) is 5.32 Å². The van der Waals surface area contributed by atoms with E-state index in [-0.39, 0.29) is 29.6 Å². The minimum absolute atomic E-state index is 0.0280. The summed E-state index contributed by atoms with van der Waals surface area (Å²) in [4.78, 5) is 12.7. The number of aliphatic hydroxyl groups is 3. The van der Waals surface area contributed by atoms with Crippen LogP contribution in [0.15, 0.2) is 36.4 Å². The van der Waals surface area contributed by atoms with E-state index in [0.29, 0.717) is 22.3 Å².